The second kappa shape index (κ2) is 7.41. The van der Waals surface area contributed by atoms with Crippen LogP contribution in [0.4, 0.5) is 14.9 Å². The van der Waals surface area contributed by atoms with E-state index in [0.717, 1.165) is 17.0 Å². The number of nitrogens with zero attached hydrogens (tertiary/aromatic N) is 2. The van der Waals surface area contributed by atoms with Crippen molar-refractivity contribution < 1.29 is 31.9 Å². The number of hydrogen-bond acceptors (Lipinski definition) is 6. The van der Waals surface area contributed by atoms with Crippen LogP contribution in [0.25, 0.3) is 0 Å². The quantitative estimate of drug-likeness (QED) is 0.763. The van der Waals surface area contributed by atoms with Crippen molar-refractivity contribution in [2.45, 2.75) is 10.9 Å². The topological polar surface area (TPSA) is 113 Å². The molecular weight excluding hydrogens is 417 g/mol. The molecule has 2 fully saturated rings. The monoisotopic (exact) mass is 433 g/mol. The van der Waals surface area contributed by atoms with Crippen LogP contribution in [0.2, 0.25) is 0 Å². The molecular formula is C19H16FN3O6S. The summed E-state index contributed by atoms with van der Waals surface area (Å²) < 4.78 is 45.2. The van der Waals surface area contributed by atoms with Crippen molar-refractivity contribution in [1.82, 2.24) is 9.80 Å². The van der Waals surface area contributed by atoms with Crippen LogP contribution in [-0.4, -0.2) is 61.9 Å². The summed E-state index contributed by atoms with van der Waals surface area (Å²) in [7, 11) is -4.03. The summed E-state index contributed by atoms with van der Waals surface area (Å²) >= 11 is 0. The zero-order valence-electron chi connectivity index (χ0n) is 15.4. The first-order valence-electron chi connectivity index (χ1n) is 8.91. The summed E-state index contributed by atoms with van der Waals surface area (Å²) in [6.07, 6.45) is -0.717. The predicted molar refractivity (Wildman–Crippen MR) is 102 cm³/mol. The van der Waals surface area contributed by atoms with Gasteiger partial charge < -0.3 is 9.64 Å². The molecule has 2 aromatic carbocycles. The molecule has 11 heteroatoms. The van der Waals surface area contributed by atoms with Crippen molar-refractivity contribution in [3.8, 4) is 0 Å². The first-order chi connectivity index (χ1) is 14.2. The molecule has 9 nitrogen and oxygen atoms in total. The molecule has 2 aliphatic heterocycles. The number of halogens is 1. The molecule has 156 valence electrons. The maximum absolute atomic E-state index is 13.3. The smallest absolute Gasteiger partial charge is 0.417 e. The van der Waals surface area contributed by atoms with Crippen LogP contribution in [0.15, 0.2) is 53.4 Å². The Bertz CT molecular complexity index is 1130. The number of imide groups is 1. The number of hydrogen-bond donors (Lipinski definition) is 1. The second-order valence-corrected chi connectivity index (χ2v) is 8.51. The third kappa shape index (κ3) is 3.71. The van der Waals surface area contributed by atoms with Crippen LogP contribution in [0.3, 0.4) is 0 Å². The number of ether oxygens (including phenoxy) is 1. The highest BCUT2D eigenvalue weighted by Gasteiger charge is 2.44. The molecule has 2 aromatic rings. The van der Waals surface area contributed by atoms with Crippen molar-refractivity contribution in [2.24, 2.45) is 0 Å². The van der Waals surface area contributed by atoms with Crippen LogP contribution < -0.4 is 4.72 Å². The molecule has 0 bridgehead atoms. The normalized spacial score (nSPS) is 17.0. The fraction of sp³-hybridized carbons (Fsp3) is 0.211. The second-order valence-electron chi connectivity index (χ2n) is 6.83. The molecule has 0 atom stereocenters. The van der Waals surface area contributed by atoms with E-state index in [1.54, 1.807) is 0 Å². The number of carbonyl (C=O) groups excluding carboxylic acids is 3. The Morgan fingerprint density at radius 3 is 2.50 bits per heavy atom. The van der Waals surface area contributed by atoms with E-state index in [-0.39, 0.29) is 41.7 Å². The first kappa shape index (κ1) is 19.8. The number of rotatable bonds is 5. The molecule has 0 unspecified atom stereocenters. The Kier molecular flexibility index (Phi) is 4.90. The van der Waals surface area contributed by atoms with E-state index in [9.17, 15) is 27.2 Å². The highest BCUT2D eigenvalue weighted by molar-refractivity contribution is 7.92. The Labute approximate surface area is 171 Å². The van der Waals surface area contributed by atoms with Gasteiger partial charge >= 0.3 is 6.09 Å². The molecule has 0 saturated carbocycles. The van der Waals surface area contributed by atoms with Gasteiger partial charge in [0.15, 0.2) is 6.61 Å². The maximum Gasteiger partial charge on any atom is 0.417 e. The molecule has 3 amide bonds. The van der Waals surface area contributed by atoms with Crippen molar-refractivity contribution in [3.63, 3.8) is 0 Å². The van der Waals surface area contributed by atoms with E-state index in [1.165, 1.54) is 41.3 Å². The van der Waals surface area contributed by atoms with E-state index >= 15 is 0 Å². The van der Waals surface area contributed by atoms with E-state index in [2.05, 4.69) is 9.46 Å². The van der Waals surface area contributed by atoms with Gasteiger partial charge in [0.1, 0.15) is 5.82 Å². The fourth-order valence-corrected chi connectivity index (χ4v) is 4.33. The van der Waals surface area contributed by atoms with E-state index in [0.29, 0.717) is 0 Å². The van der Waals surface area contributed by atoms with E-state index < -0.39 is 33.9 Å². The average molecular weight is 433 g/mol. The van der Waals surface area contributed by atoms with Gasteiger partial charge in [0.05, 0.1) is 10.9 Å². The summed E-state index contributed by atoms with van der Waals surface area (Å²) in [6.45, 7) is 0.0363. The Hall–Kier alpha value is -3.47. The lowest BCUT2D eigenvalue weighted by atomic mass is 10.0. The SMILES string of the molecule is O=C(c1cccc(NS(=O)(=O)c2cccc(F)c2)c1)N1CC(N2C(=O)COC2=O)C1. The largest absolute Gasteiger partial charge is 0.439 e. The zero-order chi connectivity index (χ0) is 21.5. The standard InChI is InChI=1S/C19H16FN3O6S/c20-13-4-2-6-16(8-13)30(27,28)21-14-5-1-3-12(7-14)18(25)22-9-15(10-22)23-17(24)11-29-19(23)26/h1-8,15,21H,9-11H2. The van der Waals surface area contributed by atoms with Crippen LogP contribution >= 0.6 is 0 Å². The van der Waals surface area contributed by atoms with Crippen molar-refractivity contribution >= 4 is 33.6 Å². The van der Waals surface area contributed by atoms with E-state index in [1.807, 2.05) is 0 Å². The summed E-state index contributed by atoms with van der Waals surface area (Å²) in [5.74, 6) is -1.50. The molecule has 0 aromatic heterocycles. The molecule has 0 radical (unpaired) electrons. The van der Waals surface area contributed by atoms with Gasteiger partial charge in [-0.2, -0.15) is 0 Å². The summed E-state index contributed by atoms with van der Waals surface area (Å²) in [6, 6.07) is 9.98. The van der Waals surface area contributed by atoms with Crippen LogP contribution in [0.1, 0.15) is 10.4 Å². The Morgan fingerprint density at radius 1 is 1.10 bits per heavy atom. The molecule has 1 N–H and O–H groups in total. The minimum absolute atomic E-state index is 0.139. The minimum Gasteiger partial charge on any atom is -0.439 e. The third-order valence-corrected chi connectivity index (χ3v) is 6.15. The average Bonchev–Trinajstić information content (AvgIpc) is 2.99. The highest BCUT2D eigenvalue weighted by Crippen LogP contribution is 2.23. The first-order valence-corrected chi connectivity index (χ1v) is 10.4. The predicted octanol–water partition coefficient (Wildman–Crippen LogP) is 1.43. The molecule has 4 rings (SSSR count). The van der Waals surface area contributed by atoms with Gasteiger partial charge in [-0.3, -0.25) is 14.3 Å². The van der Waals surface area contributed by atoms with Crippen molar-refractivity contribution in [1.29, 1.82) is 0 Å². The van der Waals surface area contributed by atoms with E-state index in [4.69, 9.17) is 0 Å². The Balaban J connectivity index is 1.44. The van der Waals surface area contributed by atoms with Gasteiger partial charge in [0.2, 0.25) is 0 Å². The minimum atomic E-state index is -4.03. The third-order valence-electron chi connectivity index (χ3n) is 4.77. The van der Waals surface area contributed by atoms with Gasteiger partial charge in [-0.25, -0.2) is 22.5 Å². The Morgan fingerprint density at radius 2 is 1.83 bits per heavy atom. The number of anilines is 1. The molecule has 2 heterocycles. The number of carbonyl (C=O) groups is 3. The number of cyclic esters (lactones) is 1. The lowest BCUT2D eigenvalue weighted by Crippen LogP contribution is -2.62. The number of nitrogens with one attached hydrogen (secondary N) is 1. The van der Waals surface area contributed by atoms with Gasteiger partial charge in [0.25, 0.3) is 21.8 Å². The summed E-state index contributed by atoms with van der Waals surface area (Å²) in [5.41, 5.74) is 0.365. The molecule has 0 spiro atoms. The van der Waals surface area contributed by atoms with Crippen LogP contribution in [0, 0.1) is 5.82 Å². The number of amides is 3. The number of sulfonamides is 1. The van der Waals surface area contributed by atoms with Gasteiger partial charge in [-0.15, -0.1) is 0 Å². The lowest BCUT2D eigenvalue weighted by molar-refractivity contribution is -0.129. The van der Waals surface area contributed by atoms with Gasteiger partial charge in [0, 0.05) is 24.3 Å². The van der Waals surface area contributed by atoms with Gasteiger partial charge in [-0.05, 0) is 36.4 Å². The number of likely N-dealkylation sites (tertiary alicyclic amines) is 1. The molecule has 2 saturated heterocycles. The number of benzene rings is 2. The van der Waals surface area contributed by atoms with Crippen LogP contribution in [-0.2, 0) is 19.6 Å². The molecule has 30 heavy (non-hydrogen) atoms. The van der Waals surface area contributed by atoms with Crippen LogP contribution in [0.5, 0.6) is 0 Å². The lowest BCUT2D eigenvalue weighted by Gasteiger charge is -2.42. The zero-order valence-corrected chi connectivity index (χ0v) is 16.3. The fourth-order valence-electron chi connectivity index (χ4n) is 3.25. The summed E-state index contributed by atoms with van der Waals surface area (Å²) in [5, 5.41) is 0. The molecule has 0 aliphatic carbocycles. The molecule has 2 aliphatic rings. The highest BCUT2D eigenvalue weighted by atomic mass is 32.2. The van der Waals surface area contributed by atoms with Gasteiger partial charge in [-0.1, -0.05) is 12.1 Å². The van der Waals surface area contributed by atoms with Crippen molar-refractivity contribution in [2.75, 3.05) is 24.4 Å². The van der Waals surface area contributed by atoms with Crippen molar-refractivity contribution in [3.05, 3.63) is 59.9 Å². The maximum atomic E-state index is 13.3. The summed E-state index contributed by atoms with van der Waals surface area (Å²) in [4.78, 5) is 38.1.